The van der Waals surface area contributed by atoms with Crippen LogP contribution in [0.3, 0.4) is 0 Å². The van der Waals surface area contributed by atoms with Gasteiger partial charge in [-0.3, -0.25) is 0 Å². The molecule has 0 amide bonds. The van der Waals surface area contributed by atoms with Crippen molar-refractivity contribution in [1.29, 1.82) is 5.26 Å². The summed E-state index contributed by atoms with van der Waals surface area (Å²) < 4.78 is 32.0. The molecule has 0 aromatic carbocycles. The van der Waals surface area contributed by atoms with Crippen molar-refractivity contribution in [3.8, 4) is 6.07 Å². The fourth-order valence-corrected chi connectivity index (χ4v) is 3.06. The van der Waals surface area contributed by atoms with Crippen molar-refractivity contribution >= 4 is 10.0 Å². The van der Waals surface area contributed by atoms with Gasteiger partial charge >= 0.3 is 0 Å². The Bertz CT molecular complexity index is 546. The number of rotatable bonds is 7. The van der Waals surface area contributed by atoms with E-state index in [1.165, 1.54) is 25.4 Å². The maximum Gasteiger partial charge on any atom is 0.243 e. The molecule has 0 radical (unpaired) electrons. The summed E-state index contributed by atoms with van der Waals surface area (Å²) in [5.41, 5.74) is -0.109. The molecule has 0 spiro atoms. The molecule has 0 aliphatic carbocycles. The minimum atomic E-state index is -3.76. The summed E-state index contributed by atoms with van der Waals surface area (Å²) in [7, 11) is -2.25. The zero-order chi connectivity index (χ0) is 14.3. The third kappa shape index (κ3) is 4.28. The van der Waals surface area contributed by atoms with Crippen molar-refractivity contribution in [2.75, 3.05) is 13.7 Å². The Morgan fingerprint density at radius 2 is 2.32 bits per heavy atom. The van der Waals surface area contributed by atoms with Gasteiger partial charge in [0.15, 0.2) is 5.69 Å². The Hall–Kier alpha value is -1.49. The molecule has 1 heterocycles. The molecule has 0 bridgehead atoms. The van der Waals surface area contributed by atoms with Crippen LogP contribution in [0.2, 0.25) is 0 Å². The number of sulfonamides is 1. The highest BCUT2D eigenvalue weighted by Gasteiger charge is 2.23. The first kappa shape index (κ1) is 15.6. The molecule has 7 heteroatoms. The van der Waals surface area contributed by atoms with Gasteiger partial charge in [0.2, 0.25) is 10.0 Å². The van der Waals surface area contributed by atoms with E-state index < -0.39 is 10.0 Å². The number of hydrogen-bond donors (Lipinski definition) is 1. The predicted molar refractivity (Wildman–Crippen MR) is 69.8 cm³/mol. The molecule has 0 fully saturated rings. The molecule has 1 atom stereocenters. The van der Waals surface area contributed by atoms with Gasteiger partial charge in [-0.25, -0.2) is 18.1 Å². The molecule has 1 unspecified atom stereocenters. The highest BCUT2D eigenvalue weighted by Crippen LogP contribution is 2.13. The van der Waals surface area contributed by atoms with Crippen LogP contribution in [-0.2, 0) is 14.8 Å². The number of nitriles is 1. The van der Waals surface area contributed by atoms with E-state index in [-0.39, 0.29) is 23.2 Å². The summed E-state index contributed by atoms with van der Waals surface area (Å²) in [4.78, 5) is 3.65. The van der Waals surface area contributed by atoms with Crippen LogP contribution in [-0.4, -0.2) is 33.2 Å². The number of aromatic nitrogens is 1. The zero-order valence-electron chi connectivity index (χ0n) is 11.0. The van der Waals surface area contributed by atoms with Crippen molar-refractivity contribution in [2.24, 2.45) is 0 Å². The van der Waals surface area contributed by atoms with Crippen LogP contribution in [0.15, 0.2) is 23.2 Å². The molecular formula is C12H17N3O3S. The van der Waals surface area contributed by atoms with Crippen LogP contribution in [0.5, 0.6) is 0 Å². The minimum Gasteiger partial charge on any atom is -0.383 e. The van der Waals surface area contributed by atoms with Crippen LogP contribution >= 0.6 is 0 Å². The van der Waals surface area contributed by atoms with Crippen LogP contribution in [0.4, 0.5) is 0 Å². The van der Waals surface area contributed by atoms with E-state index in [0.29, 0.717) is 6.42 Å². The number of nitrogens with one attached hydrogen (secondary N) is 1. The second kappa shape index (κ2) is 7.19. The van der Waals surface area contributed by atoms with Crippen molar-refractivity contribution in [3.05, 3.63) is 24.0 Å². The molecule has 6 nitrogen and oxygen atoms in total. The smallest absolute Gasteiger partial charge is 0.243 e. The molecule has 0 aliphatic rings. The van der Waals surface area contributed by atoms with Gasteiger partial charge in [0, 0.05) is 19.3 Å². The standard InChI is InChI=1S/C12H17N3O3S/c1-3-5-10(9-18-2)15-19(16,17)12-6-4-7-14-11(12)8-13/h4,6-7,10,15H,3,5,9H2,1-2H3. The lowest BCUT2D eigenvalue weighted by molar-refractivity contribution is 0.171. The fourth-order valence-electron chi connectivity index (χ4n) is 1.70. The minimum absolute atomic E-state index is 0.102. The first-order valence-corrected chi connectivity index (χ1v) is 7.39. The molecule has 104 valence electrons. The second-order valence-corrected chi connectivity index (χ2v) is 5.71. The first-order valence-electron chi connectivity index (χ1n) is 5.91. The van der Waals surface area contributed by atoms with Crippen molar-refractivity contribution in [1.82, 2.24) is 9.71 Å². The summed E-state index contributed by atoms with van der Waals surface area (Å²) in [6.07, 6.45) is 2.88. The SMILES string of the molecule is CCCC(COC)NS(=O)(=O)c1cccnc1C#N. The van der Waals surface area contributed by atoms with E-state index in [0.717, 1.165) is 6.42 Å². The Labute approximate surface area is 113 Å². The number of nitrogens with zero attached hydrogens (tertiary/aromatic N) is 2. The molecule has 0 saturated heterocycles. The maximum absolute atomic E-state index is 12.2. The van der Waals surface area contributed by atoms with Gasteiger partial charge in [0.25, 0.3) is 0 Å². The van der Waals surface area contributed by atoms with Crippen molar-refractivity contribution < 1.29 is 13.2 Å². The Kier molecular flexibility index (Phi) is 5.89. The number of hydrogen-bond acceptors (Lipinski definition) is 5. The van der Waals surface area contributed by atoms with E-state index in [2.05, 4.69) is 9.71 Å². The third-order valence-electron chi connectivity index (χ3n) is 2.49. The third-order valence-corrected chi connectivity index (χ3v) is 4.05. The number of methoxy groups -OCH3 is 1. The predicted octanol–water partition coefficient (Wildman–Crippen LogP) is 1.05. The topological polar surface area (TPSA) is 92.1 Å². The average Bonchev–Trinajstić information content (AvgIpc) is 2.39. The molecule has 1 aromatic heterocycles. The van der Waals surface area contributed by atoms with Gasteiger partial charge in [-0.1, -0.05) is 13.3 Å². The lowest BCUT2D eigenvalue weighted by Crippen LogP contribution is -2.38. The van der Waals surface area contributed by atoms with E-state index in [9.17, 15) is 8.42 Å². The van der Waals surface area contributed by atoms with Crippen LogP contribution < -0.4 is 4.72 Å². The van der Waals surface area contributed by atoms with Crippen LogP contribution in [0.25, 0.3) is 0 Å². The van der Waals surface area contributed by atoms with Gasteiger partial charge in [-0.15, -0.1) is 0 Å². The molecule has 19 heavy (non-hydrogen) atoms. The zero-order valence-corrected chi connectivity index (χ0v) is 11.8. The maximum atomic E-state index is 12.2. The number of ether oxygens (including phenoxy) is 1. The second-order valence-electron chi connectivity index (χ2n) is 4.02. The first-order chi connectivity index (χ1) is 9.05. The molecule has 0 saturated carbocycles. The number of pyridine rings is 1. The Morgan fingerprint density at radius 3 is 2.89 bits per heavy atom. The van der Waals surface area contributed by atoms with E-state index in [4.69, 9.17) is 10.00 Å². The quantitative estimate of drug-likeness (QED) is 0.807. The Balaban J connectivity index is 3.00. The van der Waals surface area contributed by atoms with E-state index in [1.54, 1.807) is 6.07 Å². The molecule has 1 rings (SSSR count). The monoisotopic (exact) mass is 283 g/mol. The summed E-state index contributed by atoms with van der Waals surface area (Å²) in [5.74, 6) is 0. The van der Waals surface area contributed by atoms with Gasteiger partial charge in [-0.05, 0) is 18.6 Å². The van der Waals surface area contributed by atoms with Gasteiger partial charge in [0.1, 0.15) is 11.0 Å². The summed E-state index contributed by atoms with van der Waals surface area (Å²) in [6, 6.07) is 4.32. The van der Waals surface area contributed by atoms with Gasteiger partial charge in [0.05, 0.1) is 6.61 Å². The highest BCUT2D eigenvalue weighted by atomic mass is 32.2. The lowest BCUT2D eigenvalue weighted by Gasteiger charge is -2.17. The van der Waals surface area contributed by atoms with Crippen molar-refractivity contribution in [3.63, 3.8) is 0 Å². The largest absolute Gasteiger partial charge is 0.383 e. The molecular weight excluding hydrogens is 266 g/mol. The van der Waals surface area contributed by atoms with Gasteiger partial charge in [-0.2, -0.15) is 5.26 Å². The lowest BCUT2D eigenvalue weighted by atomic mass is 10.2. The fraction of sp³-hybridized carbons (Fsp3) is 0.500. The average molecular weight is 283 g/mol. The van der Waals surface area contributed by atoms with Crippen molar-refractivity contribution in [2.45, 2.75) is 30.7 Å². The summed E-state index contributed by atoms with van der Waals surface area (Å²) >= 11 is 0. The van der Waals surface area contributed by atoms with E-state index >= 15 is 0 Å². The summed E-state index contributed by atoms with van der Waals surface area (Å²) in [6.45, 7) is 2.25. The summed E-state index contributed by atoms with van der Waals surface area (Å²) in [5, 5.41) is 8.89. The molecule has 1 aromatic rings. The highest BCUT2D eigenvalue weighted by molar-refractivity contribution is 7.89. The molecule has 0 aliphatic heterocycles. The van der Waals surface area contributed by atoms with E-state index in [1.807, 2.05) is 6.92 Å². The molecule has 1 N–H and O–H groups in total. The normalized spacial score (nSPS) is 12.9. The van der Waals surface area contributed by atoms with Gasteiger partial charge < -0.3 is 4.74 Å². The van der Waals surface area contributed by atoms with Crippen LogP contribution in [0, 0.1) is 11.3 Å². The van der Waals surface area contributed by atoms with Crippen LogP contribution in [0.1, 0.15) is 25.5 Å². The Morgan fingerprint density at radius 1 is 1.58 bits per heavy atom.